The van der Waals surface area contributed by atoms with Gasteiger partial charge in [0.05, 0.1) is 36.5 Å². The Morgan fingerprint density at radius 3 is 2.64 bits per heavy atom. The molecule has 2 aromatic heterocycles. The normalized spacial score (nSPS) is 17.1. The van der Waals surface area contributed by atoms with Crippen LogP contribution in [0.2, 0.25) is 0 Å². The van der Waals surface area contributed by atoms with Crippen LogP contribution in [-0.4, -0.2) is 45.3 Å². The Morgan fingerprint density at radius 2 is 1.91 bits per heavy atom. The lowest BCUT2D eigenvalue weighted by Gasteiger charge is -2.36. The van der Waals surface area contributed by atoms with Gasteiger partial charge in [0.2, 0.25) is 0 Å². The van der Waals surface area contributed by atoms with Crippen molar-refractivity contribution in [1.29, 1.82) is 0 Å². The molecule has 1 aliphatic heterocycles. The second-order valence-electron chi connectivity index (χ2n) is 7.97. The number of pyridine rings is 1. The van der Waals surface area contributed by atoms with Crippen molar-refractivity contribution < 1.29 is 22.7 Å². The molecule has 4 aromatic rings. The van der Waals surface area contributed by atoms with Gasteiger partial charge >= 0.3 is 6.18 Å². The van der Waals surface area contributed by atoms with Gasteiger partial charge in [0.15, 0.2) is 0 Å². The fourth-order valence-electron chi connectivity index (χ4n) is 4.29. The third-order valence-electron chi connectivity index (χ3n) is 5.97. The van der Waals surface area contributed by atoms with Gasteiger partial charge in [0, 0.05) is 29.9 Å². The standard InChI is InChI=1S/C23H20F3N5O2/c1-30-20-17(11-28-30)16-10-14(4-7-18(16)29-21(20)27)22(32)31-8-9-33-12-19(31)13-2-5-15(6-3-13)23(24,25)26/h2-7,10-11,19H,8-9,12H2,1H3,(H2,27,29)/t19-/m0/s1. The number of amides is 1. The molecular formula is C23H20F3N5O2. The zero-order valence-corrected chi connectivity index (χ0v) is 17.6. The van der Waals surface area contributed by atoms with E-state index >= 15 is 0 Å². The number of aryl methyl sites for hydroxylation is 1. The van der Waals surface area contributed by atoms with Gasteiger partial charge in [-0.05, 0) is 35.9 Å². The zero-order chi connectivity index (χ0) is 23.3. The SMILES string of the molecule is Cn1ncc2c3cc(C(=O)N4CCOC[C@H]4c4ccc(C(F)(F)F)cc4)ccc3nc(N)c21. The first-order valence-corrected chi connectivity index (χ1v) is 10.3. The number of morpholine rings is 1. The molecule has 0 saturated carbocycles. The highest BCUT2D eigenvalue weighted by atomic mass is 19.4. The van der Waals surface area contributed by atoms with E-state index in [1.165, 1.54) is 12.1 Å². The van der Waals surface area contributed by atoms with Gasteiger partial charge in [-0.25, -0.2) is 4.98 Å². The summed E-state index contributed by atoms with van der Waals surface area (Å²) in [4.78, 5) is 19.5. The van der Waals surface area contributed by atoms with Gasteiger partial charge in [-0.2, -0.15) is 18.3 Å². The molecule has 1 saturated heterocycles. The fraction of sp³-hybridized carbons (Fsp3) is 0.261. The predicted molar refractivity (Wildman–Crippen MR) is 116 cm³/mol. The Balaban J connectivity index is 1.52. The van der Waals surface area contributed by atoms with Crippen LogP contribution in [0.3, 0.4) is 0 Å². The molecule has 3 heterocycles. The van der Waals surface area contributed by atoms with Crippen molar-refractivity contribution in [2.75, 3.05) is 25.5 Å². The van der Waals surface area contributed by atoms with Crippen LogP contribution in [0.4, 0.5) is 19.0 Å². The number of hydrogen-bond donors (Lipinski definition) is 1. The third kappa shape index (κ3) is 3.66. The van der Waals surface area contributed by atoms with E-state index in [-0.39, 0.29) is 12.5 Å². The second kappa shape index (κ2) is 7.73. The molecule has 1 atom stereocenters. The van der Waals surface area contributed by atoms with Gasteiger partial charge in [-0.1, -0.05) is 12.1 Å². The summed E-state index contributed by atoms with van der Waals surface area (Å²) in [7, 11) is 1.77. The van der Waals surface area contributed by atoms with Crippen LogP contribution in [-0.2, 0) is 18.0 Å². The highest BCUT2D eigenvalue weighted by Crippen LogP contribution is 2.33. The number of nitrogens with zero attached hydrogens (tertiary/aromatic N) is 4. The maximum absolute atomic E-state index is 13.5. The Morgan fingerprint density at radius 1 is 1.15 bits per heavy atom. The number of aromatic nitrogens is 3. The largest absolute Gasteiger partial charge is 0.416 e. The number of ether oxygens (including phenoxy) is 1. The highest BCUT2D eigenvalue weighted by molar-refractivity contribution is 6.10. The van der Waals surface area contributed by atoms with Gasteiger partial charge in [0.25, 0.3) is 5.91 Å². The minimum atomic E-state index is -4.42. The summed E-state index contributed by atoms with van der Waals surface area (Å²) in [6, 6.07) is 9.52. The first kappa shape index (κ1) is 21.2. The molecule has 1 fully saturated rings. The number of fused-ring (bicyclic) bond motifs is 3. The van der Waals surface area contributed by atoms with Crippen molar-refractivity contribution in [3.05, 3.63) is 65.4 Å². The Bertz CT molecular complexity index is 1360. The van der Waals surface area contributed by atoms with E-state index in [4.69, 9.17) is 10.5 Å². The van der Waals surface area contributed by atoms with E-state index in [9.17, 15) is 18.0 Å². The first-order valence-electron chi connectivity index (χ1n) is 10.3. The minimum Gasteiger partial charge on any atom is -0.382 e. The number of halogens is 3. The van der Waals surface area contributed by atoms with E-state index in [0.717, 1.165) is 22.9 Å². The maximum atomic E-state index is 13.5. The predicted octanol–water partition coefficient (Wildman–Crippen LogP) is 3.94. The fourth-order valence-corrected chi connectivity index (χ4v) is 4.29. The maximum Gasteiger partial charge on any atom is 0.416 e. The lowest BCUT2D eigenvalue weighted by Crippen LogP contribution is -2.43. The minimum absolute atomic E-state index is 0.204. The smallest absolute Gasteiger partial charge is 0.382 e. The number of alkyl halides is 3. The topological polar surface area (TPSA) is 86.3 Å². The molecule has 0 aliphatic carbocycles. The summed E-state index contributed by atoms with van der Waals surface area (Å²) in [5.74, 6) is 0.117. The molecule has 33 heavy (non-hydrogen) atoms. The molecule has 0 bridgehead atoms. The van der Waals surface area contributed by atoms with Crippen LogP contribution in [0.25, 0.3) is 21.8 Å². The molecule has 10 heteroatoms. The van der Waals surface area contributed by atoms with Gasteiger partial charge in [-0.3, -0.25) is 9.48 Å². The summed E-state index contributed by atoms with van der Waals surface area (Å²) >= 11 is 0. The lowest BCUT2D eigenvalue weighted by atomic mass is 10.0. The van der Waals surface area contributed by atoms with Crippen molar-refractivity contribution in [3.8, 4) is 0 Å². The Labute approximate surface area is 186 Å². The van der Waals surface area contributed by atoms with E-state index in [2.05, 4.69) is 10.1 Å². The summed E-state index contributed by atoms with van der Waals surface area (Å²) in [5, 5.41) is 5.79. The molecule has 7 nitrogen and oxygen atoms in total. The number of carbonyl (C=O) groups excluding carboxylic acids is 1. The summed E-state index contributed by atoms with van der Waals surface area (Å²) < 4.78 is 46.0. The Kier molecular flexibility index (Phi) is 4.97. The van der Waals surface area contributed by atoms with E-state index in [0.29, 0.717) is 41.1 Å². The molecule has 2 N–H and O–H groups in total. The van der Waals surface area contributed by atoms with E-state index < -0.39 is 17.8 Å². The first-order chi connectivity index (χ1) is 15.7. The average molecular weight is 455 g/mol. The van der Waals surface area contributed by atoms with Crippen LogP contribution < -0.4 is 5.73 Å². The van der Waals surface area contributed by atoms with E-state index in [1.54, 1.807) is 41.0 Å². The number of nitrogen functional groups attached to an aromatic ring is 1. The number of anilines is 1. The molecule has 170 valence electrons. The number of nitrogens with two attached hydrogens (primary N) is 1. The molecule has 2 aromatic carbocycles. The quantitative estimate of drug-likeness (QED) is 0.495. The molecule has 0 radical (unpaired) electrons. The molecular weight excluding hydrogens is 435 g/mol. The lowest BCUT2D eigenvalue weighted by molar-refractivity contribution is -0.137. The number of benzene rings is 2. The van der Waals surface area contributed by atoms with Crippen molar-refractivity contribution in [1.82, 2.24) is 19.7 Å². The summed E-state index contributed by atoms with van der Waals surface area (Å²) in [5.41, 5.74) is 7.69. The van der Waals surface area contributed by atoms with Crippen molar-refractivity contribution in [3.63, 3.8) is 0 Å². The highest BCUT2D eigenvalue weighted by Gasteiger charge is 2.33. The van der Waals surface area contributed by atoms with Crippen LogP contribution in [0.15, 0.2) is 48.7 Å². The van der Waals surface area contributed by atoms with Crippen molar-refractivity contribution in [2.24, 2.45) is 7.05 Å². The van der Waals surface area contributed by atoms with E-state index in [1.807, 2.05) is 0 Å². The third-order valence-corrected chi connectivity index (χ3v) is 5.97. The van der Waals surface area contributed by atoms with Gasteiger partial charge < -0.3 is 15.4 Å². The molecule has 5 rings (SSSR count). The van der Waals surface area contributed by atoms with Crippen LogP contribution in [0, 0.1) is 0 Å². The van der Waals surface area contributed by atoms with Crippen molar-refractivity contribution >= 4 is 33.5 Å². The monoisotopic (exact) mass is 455 g/mol. The second-order valence-corrected chi connectivity index (χ2v) is 7.97. The number of hydrogen-bond acceptors (Lipinski definition) is 5. The zero-order valence-electron chi connectivity index (χ0n) is 17.6. The molecule has 1 aliphatic rings. The summed E-state index contributed by atoms with van der Waals surface area (Å²) in [6.07, 6.45) is -2.74. The molecule has 0 spiro atoms. The van der Waals surface area contributed by atoms with Gasteiger partial charge in [-0.15, -0.1) is 0 Å². The number of rotatable bonds is 2. The average Bonchev–Trinajstić information content (AvgIpc) is 3.20. The van der Waals surface area contributed by atoms with Crippen molar-refractivity contribution in [2.45, 2.75) is 12.2 Å². The number of carbonyl (C=O) groups is 1. The Hall–Kier alpha value is -3.66. The van der Waals surface area contributed by atoms with Gasteiger partial charge in [0.1, 0.15) is 11.3 Å². The van der Waals surface area contributed by atoms with Crippen LogP contribution in [0.5, 0.6) is 0 Å². The molecule has 1 amide bonds. The molecule has 0 unspecified atom stereocenters. The van der Waals surface area contributed by atoms with Crippen LogP contribution in [0.1, 0.15) is 27.5 Å². The summed E-state index contributed by atoms with van der Waals surface area (Å²) in [6.45, 7) is 0.877. The van der Waals surface area contributed by atoms with Crippen LogP contribution >= 0.6 is 0 Å².